The molecule has 0 saturated heterocycles. The summed E-state index contributed by atoms with van der Waals surface area (Å²) in [7, 11) is 2.00. The fourth-order valence-corrected chi connectivity index (χ4v) is 2.61. The first kappa shape index (κ1) is 14.7. The van der Waals surface area contributed by atoms with Crippen LogP contribution < -0.4 is 4.74 Å². The summed E-state index contributed by atoms with van der Waals surface area (Å²) in [4.78, 5) is 6.50. The lowest BCUT2D eigenvalue weighted by Crippen LogP contribution is -2.24. The normalized spacial score (nSPS) is 11.0. The van der Waals surface area contributed by atoms with Crippen LogP contribution in [0.25, 0.3) is 11.4 Å². The van der Waals surface area contributed by atoms with Gasteiger partial charge in [-0.1, -0.05) is 23.4 Å². The second-order valence-electron chi connectivity index (χ2n) is 4.92. The van der Waals surface area contributed by atoms with Gasteiger partial charge in [-0.25, -0.2) is 0 Å². The van der Waals surface area contributed by atoms with E-state index in [1.54, 1.807) is 11.3 Å². The van der Waals surface area contributed by atoms with Crippen molar-refractivity contribution in [2.75, 3.05) is 20.2 Å². The van der Waals surface area contributed by atoms with Gasteiger partial charge in [0.05, 0.1) is 6.54 Å². The molecule has 0 unspecified atom stereocenters. The maximum absolute atomic E-state index is 5.67. The second kappa shape index (κ2) is 7.20. The summed E-state index contributed by atoms with van der Waals surface area (Å²) < 4.78 is 11.0. The van der Waals surface area contributed by atoms with E-state index in [0.717, 1.165) is 17.9 Å². The lowest BCUT2D eigenvalue weighted by atomic mass is 10.3. The van der Waals surface area contributed by atoms with E-state index < -0.39 is 0 Å². The molecule has 0 aliphatic rings. The predicted molar refractivity (Wildman–Crippen MR) is 85.9 cm³/mol. The first-order valence-electron chi connectivity index (χ1n) is 7.03. The van der Waals surface area contributed by atoms with Crippen LogP contribution in [0.4, 0.5) is 0 Å². The lowest BCUT2D eigenvalue weighted by Gasteiger charge is -2.14. The van der Waals surface area contributed by atoms with Gasteiger partial charge in [0.15, 0.2) is 0 Å². The van der Waals surface area contributed by atoms with E-state index in [1.807, 2.05) is 54.2 Å². The number of para-hydroxylation sites is 1. The molecule has 0 atom stereocenters. The van der Waals surface area contributed by atoms with E-state index >= 15 is 0 Å². The Morgan fingerprint density at radius 1 is 1.23 bits per heavy atom. The molecule has 0 aliphatic heterocycles. The summed E-state index contributed by atoms with van der Waals surface area (Å²) >= 11 is 1.62. The zero-order chi connectivity index (χ0) is 15.2. The van der Waals surface area contributed by atoms with Gasteiger partial charge in [0.1, 0.15) is 12.4 Å². The zero-order valence-corrected chi connectivity index (χ0v) is 13.1. The Bertz CT molecular complexity index is 683. The van der Waals surface area contributed by atoms with Crippen LogP contribution in [0, 0.1) is 0 Å². The average molecular weight is 315 g/mol. The number of ether oxygens (including phenoxy) is 1. The lowest BCUT2D eigenvalue weighted by molar-refractivity contribution is 0.213. The molecule has 0 bridgehead atoms. The van der Waals surface area contributed by atoms with Crippen LogP contribution in [0.3, 0.4) is 0 Å². The van der Waals surface area contributed by atoms with Crippen molar-refractivity contribution >= 4 is 11.3 Å². The molecule has 2 heterocycles. The zero-order valence-electron chi connectivity index (χ0n) is 12.3. The minimum atomic E-state index is 0.606. The highest BCUT2D eigenvalue weighted by atomic mass is 32.1. The summed E-state index contributed by atoms with van der Waals surface area (Å²) in [6, 6.07) is 11.8. The third-order valence-electron chi connectivity index (χ3n) is 3.14. The monoisotopic (exact) mass is 315 g/mol. The number of benzene rings is 1. The molecule has 0 saturated carbocycles. The van der Waals surface area contributed by atoms with Gasteiger partial charge in [0.25, 0.3) is 0 Å². The molecule has 22 heavy (non-hydrogen) atoms. The van der Waals surface area contributed by atoms with E-state index in [9.17, 15) is 0 Å². The summed E-state index contributed by atoms with van der Waals surface area (Å²) in [5.74, 6) is 2.14. The van der Waals surface area contributed by atoms with Crippen molar-refractivity contribution < 1.29 is 9.26 Å². The SMILES string of the molecule is CN(CCOc1ccccc1)Cc1nc(-c2ccsc2)no1. The third-order valence-corrected chi connectivity index (χ3v) is 3.82. The van der Waals surface area contributed by atoms with Crippen molar-refractivity contribution in [3.8, 4) is 17.1 Å². The molecule has 3 rings (SSSR count). The molecule has 5 nitrogen and oxygen atoms in total. The standard InChI is InChI=1S/C16H17N3O2S/c1-19(8-9-20-14-5-3-2-4-6-14)11-15-17-16(18-21-15)13-7-10-22-12-13/h2-7,10,12H,8-9,11H2,1H3. The molecule has 0 amide bonds. The van der Waals surface area contributed by atoms with Crippen molar-refractivity contribution in [3.63, 3.8) is 0 Å². The number of likely N-dealkylation sites (N-methyl/N-ethyl adjacent to an activating group) is 1. The smallest absolute Gasteiger partial charge is 0.241 e. The van der Waals surface area contributed by atoms with Gasteiger partial charge in [-0.15, -0.1) is 0 Å². The van der Waals surface area contributed by atoms with E-state index in [2.05, 4.69) is 15.0 Å². The maximum atomic E-state index is 5.67. The molecule has 2 aromatic heterocycles. The van der Waals surface area contributed by atoms with Gasteiger partial charge < -0.3 is 9.26 Å². The van der Waals surface area contributed by atoms with Crippen LogP contribution in [0.15, 0.2) is 51.7 Å². The first-order chi connectivity index (χ1) is 10.8. The fourth-order valence-electron chi connectivity index (χ4n) is 1.97. The Morgan fingerprint density at radius 3 is 2.86 bits per heavy atom. The van der Waals surface area contributed by atoms with Crippen molar-refractivity contribution in [2.45, 2.75) is 6.54 Å². The molecule has 1 aromatic carbocycles. The Kier molecular flexibility index (Phi) is 4.82. The van der Waals surface area contributed by atoms with Crippen LogP contribution in [0.1, 0.15) is 5.89 Å². The van der Waals surface area contributed by atoms with E-state index in [4.69, 9.17) is 9.26 Å². The van der Waals surface area contributed by atoms with Gasteiger partial charge in [0.2, 0.25) is 11.7 Å². The summed E-state index contributed by atoms with van der Waals surface area (Å²) in [5.41, 5.74) is 0.995. The van der Waals surface area contributed by atoms with Crippen LogP contribution in [-0.4, -0.2) is 35.2 Å². The Balaban J connectivity index is 1.46. The quantitative estimate of drug-likeness (QED) is 0.669. The number of thiophene rings is 1. The van der Waals surface area contributed by atoms with E-state index in [0.29, 0.717) is 24.9 Å². The summed E-state index contributed by atoms with van der Waals surface area (Å²) in [5, 5.41) is 8.01. The molecule has 0 aliphatic carbocycles. The minimum Gasteiger partial charge on any atom is -0.492 e. The summed E-state index contributed by atoms with van der Waals surface area (Å²) in [6.07, 6.45) is 0. The minimum absolute atomic E-state index is 0.606. The van der Waals surface area contributed by atoms with Crippen molar-refractivity contribution in [3.05, 3.63) is 53.0 Å². The number of nitrogens with zero attached hydrogens (tertiary/aromatic N) is 3. The number of hydrogen-bond acceptors (Lipinski definition) is 6. The summed E-state index contributed by atoms with van der Waals surface area (Å²) in [6.45, 7) is 2.01. The van der Waals surface area contributed by atoms with Crippen LogP contribution in [0.2, 0.25) is 0 Å². The molecule has 3 aromatic rings. The molecular weight excluding hydrogens is 298 g/mol. The highest BCUT2D eigenvalue weighted by Crippen LogP contribution is 2.18. The van der Waals surface area contributed by atoms with Crippen LogP contribution >= 0.6 is 11.3 Å². The fraction of sp³-hybridized carbons (Fsp3) is 0.250. The van der Waals surface area contributed by atoms with Crippen molar-refractivity contribution in [1.82, 2.24) is 15.0 Å². The highest BCUT2D eigenvalue weighted by Gasteiger charge is 2.11. The molecule has 0 radical (unpaired) electrons. The van der Waals surface area contributed by atoms with E-state index in [-0.39, 0.29) is 0 Å². The third kappa shape index (κ3) is 3.93. The van der Waals surface area contributed by atoms with Crippen molar-refractivity contribution in [2.24, 2.45) is 0 Å². The molecular formula is C16H17N3O2S. The van der Waals surface area contributed by atoms with Crippen LogP contribution in [0.5, 0.6) is 5.75 Å². The predicted octanol–water partition coefficient (Wildman–Crippen LogP) is 3.31. The molecule has 0 fully saturated rings. The largest absolute Gasteiger partial charge is 0.492 e. The topological polar surface area (TPSA) is 51.4 Å². The van der Waals surface area contributed by atoms with Gasteiger partial charge in [0, 0.05) is 17.5 Å². The highest BCUT2D eigenvalue weighted by molar-refractivity contribution is 7.08. The van der Waals surface area contributed by atoms with Crippen LogP contribution in [-0.2, 0) is 6.54 Å². The number of rotatable bonds is 7. The maximum Gasteiger partial charge on any atom is 0.241 e. The Labute approximate surface area is 133 Å². The first-order valence-corrected chi connectivity index (χ1v) is 7.97. The second-order valence-corrected chi connectivity index (χ2v) is 5.70. The van der Waals surface area contributed by atoms with Crippen molar-refractivity contribution in [1.29, 1.82) is 0 Å². The number of aromatic nitrogens is 2. The van der Waals surface area contributed by atoms with Gasteiger partial charge in [-0.05, 0) is 30.6 Å². The molecule has 0 spiro atoms. The molecule has 0 N–H and O–H groups in total. The molecule has 114 valence electrons. The average Bonchev–Trinajstić information content (AvgIpc) is 3.19. The Morgan fingerprint density at radius 2 is 2.09 bits per heavy atom. The Hall–Kier alpha value is -2.18. The van der Waals surface area contributed by atoms with Gasteiger partial charge >= 0.3 is 0 Å². The molecule has 6 heteroatoms. The van der Waals surface area contributed by atoms with Gasteiger partial charge in [-0.3, -0.25) is 4.90 Å². The van der Waals surface area contributed by atoms with Gasteiger partial charge in [-0.2, -0.15) is 16.3 Å². The van der Waals surface area contributed by atoms with E-state index in [1.165, 1.54) is 0 Å². The number of hydrogen-bond donors (Lipinski definition) is 0.